The molecule has 6 amide bonds. The highest BCUT2D eigenvalue weighted by Gasteiger charge is 2.52. The van der Waals surface area contributed by atoms with Gasteiger partial charge in [0.25, 0.3) is 5.91 Å². The van der Waals surface area contributed by atoms with Crippen LogP contribution in [0.4, 0.5) is 21.0 Å². The maximum absolute atomic E-state index is 12.9. The van der Waals surface area contributed by atoms with Crippen molar-refractivity contribution in [2.75, 3.05) is 23.7 Å². The van der Waals surface area contributed by atoms with Crippen LogP contribution in [0.2, 0.25) is 0 Å². The van der Waals surface area contributed by atoms with Crippen molar-refractivity contribution < 1.29 is 19.2 Å². The SMILES string of the molecule is CCNC(=O)Nc1cccc(NC(=O)CN2C(=O)NC3(CCC(CC)CC3)C2=O)c1. The molecule has 1 heterocycles. The Hall–Kier alpha value is -3.10. The third-order valence-corrected chi connectivity index (χ3v) is 5.83. The number of imide groups is 1. The summed E-state index contributed by atoms with van der Waals surface area (Å²) in [6, 6.07) is 5.79. The van der Waals surface area contributed by atoms with Crippen LogP contribution >= 0.6 is 0 Å². The molecule has 3 rings (SSSR count). The van der Waals surface area contributed by atoms with E-state index in [1.54, 1.807) is 24.3 Å². The molecule has 4 N–H and O–H groups in total. The van der Waals surface area contributed by atoms with Crippen LogP contribution in [0, 0.1) is 5.92 Å². The largest absolute Gasteiger partial charge is 0.338 e. The molecule has 0 atom stereocenters. The van der Waals surface area contributed by atoms with Crippen molar-refractivity contribution in [3.8, 4) is 0 Å². The van der Waals surface area contributed by atoms with Crippen LogP contribution in [-0.4, -0.2) is 47.4 Å². The van der Waals surface area contributed by atoms with E-state index in [2.05, 4.69) is 28.2 Å². The van der Waals surface area contributed by atoms with Crippen molar-refractivity contribution >= 4 is 35.3 Å². The van der Waals surface area contributed by atoms with Gasteiger partial charge in [-0.1, -0.05) is 19.4 Å². The fourth-order valence-corrected chi connectivity index (χ4v) is 4.09. The lowest BCUT2D eigenvalue weighted by atomic mass is 9.75. The van der Waals surface area contributed by atoms with Crippen LogP contribution in [0.3, 0.4) is 0 Å². The zero-order chi connectivity index (χ0) is 21.7. The average Bonchev–Trinajstić information content (AvgIpc) is 2.93. The molecule has 9 heteroatoms. The van der Waals surface area contributed by atoms with E-state index >= 15 is 0 Å². The Morgan fingerprint density at radius 3 is 2.43 bits per heavy atom. The van der Waals surface area contributed by atoms with Crippen LogP contribution in [-0.2, 0) is 9.59 Å². The van der Waals surface area contributed by atoms with Crippen molar-refractivity contribution in [3.05, 3.63) is 24.3 Å². The van der Waals surface area contributed by atoms with Gasteiger partial charge in [0, 0.05) is 17.9 Å². The van der Waals surface area contributed by atoms with Crippen molar-refractivity contribution in [1.29, 1.82) is 0 Å². The second-order valence-corrected chi connectivity index (χ2v) is 7.87. The molecule has 0 bridgehead atoms. The van der Waals surface area contributed by atoms with Crippen LogP contribution in [0.15, 0.2) is 24.3 Å². The fraction of sp³-hybridized carbons (Fsp3) is 0.524. The van der Waals surface area contributed by atoms with Crippen molar-refractivity contribution in [3.63, 3.8) is 0 Å². The molecule has 9 nitrogen and oxygen atoms in total. The van der Waals surface area contributed by atoms with Gasteiger partial charge in [-0.05, 0) is 56.7 Å². The van der Waals surface area contributed by atoms with Gasteiger partial charge in [0.1, 0.15) is 12.1 Å². The number of carbonyl (C=O) groups is 4. The Bertz CT molecular complexity index is 832. The summed E-state index contributed by atoms with van der Waals surface area (Å²) in [6.07, 6.45) is 4.09. The van der Waals surface area contributed by atoms with E-state index in [-0.39, 0.29) is 18.5 Å². The van der Waals surface area contributed by atoms with E-state index in [0.29, 0.717) is 36.7 Å². The highest BCUT2D eigenvalue weighted by Crippen LogP contribution is 2.37. The monoisotopic (exact) mass is 415 g/mol. The highest BCUT2D eigenvalue weighted by atomic mass is 16.2. The van der Waals surface area contributed by atoms with Gasteiger partial charge in [0.05, 0.1) is 0 Å². The molecule has 1 saturated heterocycles. The average molecular weight is 415 g/mol. The minimum atomic E-state index is -0.862. The van der Waals surface area contributed by atoms with Gasteiger partial charge in [-0.15, -0.1) is 0 Å². The summed E-state index contributed by atoms with van der Waals surface area (Å²) < 4.78 is 0. The lowest BCUT2D eigenvalue weighted by molar-refractivity contribution is -0.135. The van der Waals surface area contributed by atoms with E-state index in [9.17, 15) is 19.2 Å². The van der Waals surface area contributed by atoms with E-state index in [4.69, 9.17) is 0 Å². The van der Waals surface area contributed by atoms with E-state index in [0.717, 1.165) is 24.2 Å². The predicted molar refractivity (Wildman–Crippen MR) is 113 cm³/mol. The van der Waals surface area contributed by atoms with Gasteiger partial charge in [-0.2, -0.15) is 0 Å². The summed E-state index contributed by atoms with van der Waals surface area (Å²) in [5, 5.41) is 10.8. The number of anilines is 2. The number of hydrogen-bond donors (Lipinski definition) is 4. The predicted octanol–water partition coefficient (Wildman–Crippen LogP) is 2.66. The molecular formula is C21H29N5O4. The lowest BCUT2D eigenvalue weighted by Gasteiger charge is -2.34. The third-order valence-electron chi connectivity index (χ3n) is 5.83. The first kappa shape index (κ1) is 21.6. The zero-order valence-electron chi connectivity index (χ0n) is 17.4. The molecule has 1 aliphatic carbocycles. The van der Waals surface area contributed by atoms with Crippen molar-refractivity contribution in [2.45, 2.75) is 51.5 Å². The highest BCUT2D eigenvalue weighted by molar-refractivity contribution is 6.10. The summed E-state index contributed by atoms with van der Waals surface area (Å²) in [4.78, 5) is 50.4. The van der Waals surface area contributed by atoms with E-state index in [1.807, 2.05) is 6.92 Å². The molecule has 2 fully saturated rings. The summed E-state index contributed by atoms with van der Waals surface area (Å²) in [7, 11) is 0. The quantitative estimate of drug-likeness (QED) is 0.534. The Balaban J connectivity index is 1.59. The Morgan fingerprint density at radius 2 is 1.80 bits per heavy atom. The first-order chi connectivity index (χ1) is 14.4. The maximum Gasteiger partial charge on any atom is 0.325 e. The Labute approximate surface area is 175 Å². The number of hydrogen-bond acceptors (Lipinski definition) is 4. The van der Waals surface area contributed by atoms with Crippen molar-refractivity contribution in [2.24, 2.45) is 5.92 Å². The molecule has 0 unspecified atom stereocenters. The minimum absolute atomic E-state index is 0.316. The number of rotatable bonds is 6. The summed E-state index contributed by atoms with van der Waals surface area (Å²) in [6.45, 7) is 4.09. The first-order valence-corrected chi connectivity index (χ1v) is 10.5. The van der Waals surface area contributed by atoms with Crippen LogP contribution < -0.4 is 21.3 Å². The number of amides is 6. The molecule has 1 saturated carbocycles. The topological polar surface area (TPSA) is 120 Å². The maximum atomic E-state index is 12.9. The first-order valence-electron chi connectivity index (χ1n) is 10.5. The van der Waals surface area contributed by atoms with Crippen LogP contribution in [0.5, 0.6) is 0 Å². The number of nitrogens with zero attached hydrogens (tertiary/aromatic N) is 1. The molecule has 1 aliphatic heterocycles. The summed E-state index contributed by atoms with van der Waals surface area (Å²) >= 11 is 0. The minimum Gasteiger partial charge on any atom is -0.338 e. The van der Waals surface area contributed by atoms with Gasteiger partial charge in [0.15, 0.2) is 0 Å². The molecule has 1 aromatic carbocycles. The summed E-state index contributed by atoms with van der Waals surface area (Å²) in [5.41, 5.74) is 0.111. The normalized spacial score (nSPS) is 23.3. The Morgan fingerprint density at radius 1 is 1.13 bits per heavy atom. The van der Waals surface area contributed by atoms with Gasteiger partial charge < -0.3 is 21.3 Å². The van der Waals surface area contributed by atoms with Crippen molar-refractivity contribution in [1.82, 2.24) is 15.5 Å². The van der Waals surface area contributed by atoms with E-state index in [1.165, 1.54) is 0 Å². The standard InChI is InChI=1S/C21H29N5O4/c1-3-14-8-10-21(11-9-14)18(28)26(20(30)25-21)13-17(27)23-15-6-5-7-16(12-15)24-19(29)22-4-2/h5-7,12,14H,3-4,8-11,13H2,1-2H3,(H,23,27)(H,25,30)(H2,22,24,29). The van der Waals surface area contributed by atoms with Gasteiger partial charge in [-0.25, -0.2) is 9.59 Å². The van der Waals surface area contributed by atoms with Gasteiger partial charge in [0.2, 0.25) is 5.91 Å². The molecule has 0 aromatic heterocycles. The van der Waals surface area contributed by atoms with Crippen LogP contribution in [0.1, 0.15) is 46.0 Å². The van der Waals surface area contributed by atoms with Crippen LogP contribution in [0.25, 0.3) is 0 Å². The van der Waals surface area contributed by atoms with E-state index < -0.39 is 17.5 Å². The second kappa shape index (κ2) is 9.15. The molecular weight excluding hydrogens is 386 g/mol. The van der Waals surface area contributed by atoms with Gasteiger partial charge in [-0.3, -0.25) is 14.5 Å². The molecule has 1 aromatic rings. The lowest BCUT2D eigenvalue weighted by Crippen LogP contribution is -2.49. The smallest absolute Gasteiger partial charge is 0.325 e. The number of urea groups is 2. The Kier molecular flexibility index (Phi) is 6.59. The molecule has 30 heavy (non-hydrogen) atoms. The molecule has 0 radical (unpaired) electrons. The zero-order valence-corrected chi connectivity index (χ0v) is 17.4. The second-order valence-electron chi connectivity index (χ2n) is 7.87. The van der Waals surface area contributed by atoms with Gasteiger partial charge >= 0.3 is 12.1 Å². The molecule has 162 valence electrons. The fourth-order valence-electron chi connectivity index (χ4n) is 4.09. The summed E-state index contributed by atoms with van der Waals surface area (Å²) in [5.74, 6) is -0.213. The number of carbonyl (C=O) groups excluding carboxylic acids is 4. The number of benzene rings is 1. The number of nitrogens with one attached hydrogen (secondary N) is 4. The molecule has 2 aliphatic rings. The molecule has 1 spiro atoms. The third kappa shape index (κ3) is 4.72.